The Morgan fingerprint density at radius 2 is 1.80 bits per heavy atom. The molecule has 0 radical (unpaired) electrons. The minimum absolute atomic E-state index is 0.573. The Balaban J connectivity index is 2.46. The lowest BCUT2D eigenvalue weighted by Gasteiger charge is -2.25. The van der Waals surface area contributed by atoms with Crippen LogP contribution in [0.1, 0.15) is 75.3 Å². The van der Waals surface area contributed by atoms with Crippen LogP contribution in [0.15, 0.2) is 12.1 Å². The molecule has 0 saturated heterocycles. The Labute approximate surface area is 125 Å². The highest BCUT2D eigenvalue weighted by Crippen LogP contribution is 2.36. The molecule has 0 aromatic heterocycles. The number of nitrogens with one attached hydrogen (secondary N) is 1. The molecule has 0 heterocycles. The van der Waals surface area contributed by atoms with E-state index in [1.807, 2.05) is 0 Å². The van der Waals surface area contributed by atoms with Crippen LogP contribution in [0.5, 0.6) is 0 Å². The van der Waals surface area contributed by atoms with Crippen LogP contribution in [0.25, 0.3) is 0 Å². The van der Waals surface area contributed by atoms with E-state index in [0.29, 0.717) is 6.04 Å². The molecule has 20 heavy (non-hydrogen) atoms. The number of benzene rings is 1. The summed E-state index contributed by atoms with van der Waals surface area (Å²) in [6.45, 7) is 10.4. The van der Waals surface area contributed by atoms with Gasteiger partial charge in [0.15, 0.2) is 0 Å². The highest BCUT2D eigenvalue weighted by Gasteiger charge is 2.25. The zero-order valence-electron chi connectivity index (χ0n) is 13.8. The maximum Gasteiger partial charge on any atom is 0.0328 e. The van der Waals surface area contributed by atoms with Gasteiger partial charge in [-0.2, -0.15) is 0 Å². The van der Waals surface area contributed by atoms with Crippen molar-refractivity contribution in [2.24, 2.45) is 5.92 Å². The Morgan fingerprint density at radius 3 is 2.45 bits per heavy atom. The van der Waals surface area contributed by atoms with Gasteiger partial charge in [0.2, 0.25) is 0 Å². The first-order valence-electron chi connectivity index (χ1n) is 8.58. The zero-order chi connectivity index (χ0) is 14.5. The SMILES string of the molecule is CCCNC1CC(C)CCc2c(CC)ccc(CC)c21. The summed E-state index contributed by atoms with van der Waals surface area (Å²) in [4.78, 5) is 0. The first kappa shape index (κ1) is 15.6. The largest absolute Gasteiger partial charge is 0.310 e. The summed E-state index contributed by atoms with van der Waals surface area (Å²) >= 11 is 0. The number of hydrogen-bond donors (Lipinski definition) is 1. The second kappa shape index (κ2) is 7.26. The van der Waals surface area contributed by atoms with Crippen molar-refractivity contribution in [3.8, 4) is 0 Å². The van der Waals surface area contributed by atoms with Gasteiger partial charge in [0.05, 0.1) is 0 Å². The summed E-state index contributed by atoms with van der Waals surface area (Å²) in [5.41, 5.74) is 6.48. The van der Waals surface area contributed by atoms with Crippen LogP contribution in [0.4, 0.5) is 0 Å². The number of fused-ring (bicyclic) bond motifs is 1. The van der Waals surface area contributed by atoms with E-state index < -0.39 is 0 Å². The van der Waals surface area contributed by atoms with E-state index >= 15 is 0 Å². The van der Waals surface area contributed by atoms with Gasteiger partial charge < -0.3 is 5.32 Å². The topological polar surface area (TPSA) is 12.0 Å². The normalized spacial score (nSPS) is 22.4. The van der Waals surface area contributed by atoms with Crippen molar-refractivity contribution in [3.63, 3.8) is 0 Å². The predicted molar refractivity (Wildman–Crippen MR) is 88.3 cm³/mol. The summed E-state index contributed by atoms with van der Waals surface area (Å²) in [7, 11) is 0. The van der Waals surface area contributed by atoms with Gasteiger partial charge in [-0.15, -0.1) is 0 Å². The minimum atomic E-state index is 0.573. The van der Waals surface area contributed by atoms with Gasteiger partial charge in [0.25, 0.3) is 0 Å². The average Bonchev–Trinajstić information content (AvgIpc) is 2.64. The minimum Gasteiger partial charge on any atom is -0.310 e. The highest BCUT2D eigenvalue weighted by atomic mass is 14.9. The average molecular weight is 273 g/mol. The van der Waals surface area contributed by atoms with Crippen molar-refractivity contribution in [1.29, 1.82) is 0 Å². The lowest BCUT2D eigenvalue weighted by atomic mass is 9.88. The molecule has 1 aliphatic rings. The van der Waals surface area contributed by atoms with Gasteiger partial charge in [-0.05, 0) is 73.2 Å². The molecule has 1 aromatic rings. The van der Waals surface area contributed by atoms with Crippen LogP contribution in [0, 0.1) is 5.92 Å². The molecule has 0 bridgehead atoms. The van der Waals surface area contributed by atoms with Gasteiger partial charge in [-0.25, -0.2) is 0 Å². The lowest BCUT2D eigenvalue weighted by molar-refractivity contribution is 0.407. The fraction of sp³-hybridized carbons (Fsp3) is 0.684. The molecule has 1 heteroatoms. The van der Waals surface area contributed by atoms with Gasteiger partial charge >= 0.3 is 0 Å². The van der Waals surface area contributed by atoms with E-state index in [0.717, 1.165) is 18.9 Å². The third kappa shape index (κ3) is 3.25. The van der Waals surface area contributed by atoms with Crippen molar-refractivity contribution in [2.75, 3.05) is 6.54 Å². The third-order valence-corrected chi connectivity index (χ3v) is 4.82. The van der Waals surface area contributed by atoms with Crippen molar-refractivity contribution >= 4 is 0 Å². The second-order valence-corrected chi connectivity index (χ2v) is 6.37. The molecule has 2 rings (SSSR count). The van der Waals surface area contributed by atoms with Gasteiger partial charge in [0.1, 0.15) is 0 Å². The molecule has 2 unspecified atom stereocenters. The molecule has 1 nitrogen and oxygen atoms in total. The van der Waals surface area contributed by atoms with Gasteiger partial charge in [0, 0.05) is 6.04 Å². The van der Waals surface area contributed by atoms with Crippen LogP contribution in [-0.4, -0.2) is 6.54 Å². The third-order valence-electron chi connectivity index (χ3n) is 4.82. The molecule has 0 fully saturated rings. The van der Waals surface area contributed by atoms with Crippen molar-refractivity contribution in [2.45, 2.75) is 72.3 Å². The monoisotopic (exact) mass is 273 g/mol. The Bertz CT molecular complexity index is 436. The fourth-order valence-electron chi connectivity index (χ4n) is 3.66. The van der Waals surface area contributed by atoms with E-state index in [-0.39, 0.29) is 0 Å². The Hall–Kier alpha value is -0.820. The molecular formula is C19H31N. The van der Waals surface area contributed by atoms with E-state index in [2.05, 4.69) is 45.1 Å². The molecule has 0 saturated carbocycles. The van der Waals surface area contributed by atoms with Crippen LogP contribution in [-0.2, 0) is 19.3 Å². The fourth-order valence-corrected chi connectivity index (χ4v) is 3.66. The summed E-state index contributed by atoms with van der Waals surface area (Å²) in [6, 6.07) is 5.34. The second-order valence-electron chi connectivity index (χ2n) is 6.37. The van der Waals surface area contributed by atoms with E-state index in [4.69, 9.17) is 0 Å². The highest BCUT2D eigenvalue weighted by molar-refractivity contribution is 5.44. The predicted octanol–water partition coefficient (Wildman–Crippen LogP) is 4.82. The summed E-state index contributed by atoms with van der Waals surface area (Å²) in [5, 5.41) is 3.82. The maximum absolute atomic E-state index is 3.82. The molecule has 0 aliphatic heterocycles. The van der Waals surface area contributed by atoms with Crippen LogP contribution in [0.2, 0.25) is 0 Å². The molecule has 0 spiro atoms. The zero-order valence-corrected chi connectivity index (χ0v) is 13.8. The number of hydrogen-bond acceptors (Lipinski definition) is 1. The summed E-state index contributed by atoms with van der Waals surface area (Å²) < 4.78 is 0. The number of rotatable bonds is 5. The summed E-state index contributed by atoms with van der Waals surface area (Å²) in [6.07, 6.45) is 7.46. The molecule has 1 aliphatic carbocycles. The van der Waals surface area contributed by atoms with Gasteiger partial charge in [-0.1, -0.05) is 39.8 Å². The molecule has 0 amide bonds. The van der Waals surface area contributed by atoms with Crippen molar-refractivity contribution < 1.29 is 0 Å². The first-order valence-corrected chi connectivity index (χ1v) is 8.58. The smallest absolute Gasteiger partial charge is 0.0328 e. The Kier molecular flexibility index (Phi) is 5.65. The van der Waals surface area contributed by atoms with E-state index in [1.54, 1.807) is 22.3 Å². The first-order chi connectivity index (χ1) is 9.71. The molecular weight excluding hydrogens is 242 g/mol. The maximum atomic E-state index is 3.82. The van der Waals surface area contributed by atoms with Crippen LogP contribution >= 0.6 is 0 Å². The van der Waals surface area contributed by atoms with Crippen LogP contribution in [0.3, 0.4) is 0 Å². The van der Waals surface area contributed by atoms with E-state index in [9.17, 15) is 0 Å². The van der Waals surface area contributed by atoms with Crippen molar-refractivity contribution in [1.82, 2.24) is 5.32 Å². The molecule has 1 N–H and O–H groups in total. The van der Waals surface area contributed by atoms with Crippen LogP contribution < -0.4 is 5.32 Å². The van der Waals surface area contributed by atoms with Gasteiger partial charge in [-0.3, -0.25) is 0 Å². The molecule has 2 atom stereocenters. The lowest BCUT2D eigenvalue weighted by Crippen LogP contribution is -2.25. The van der Waals surface area contributed by atoms with E-state index in [1.165, 1.54) is 32.1 Å². The molecule has 112 valence electrons. The number of aryl methyl sites for hydroxylation is 2. The quantitative estimate of drug-likeness (QED) is 0.758. The van der Waals surface area contributed by atoms with Crippen molar-refractivity contribution in [3.05, 3.63) is 34.4 Å². The molecule has 1 aromatic carbocycles. The summed E-state index contributed by atoms with van der Waals surface area (Å²) in [5.74, 6) is 0.825. The Morgan fingerprint density at radius 1 is 1.10 bits per heavy atom. The standard InChI is InChI=1S/C19H31N/c1-5-12-20-18-13-14(4)8-11-17-15(6-2)9-10-16(7-3)19(17)18/h9-10,14,18,20H,5-8,11-13H2,1-4H3.